The van der Waals surface area contributed by atoms with Crippen LogP contribution < -0.4 is 0 Å². The van der Waals surface area contributed by atoms with Crippen LogP contribution in [0.4, 0.5) is 0 Å². The largest absolute Gasteiger partial charge is 0.302 e. The topological polar surface area (TPSA) is 3.24 Å². The average molecular weight is 259 g/mol. The lowest BCUT2D eigenvalue weighted by Crippen LogP contribution is -2.47. The normalized spacial score (nSPS) is 28.5. The molecular weight excluding hydrogens is 230 g/mol. The molecule has 0 aromatic heterocycles. The lowest BCUT2D eigenvalue weighted by atomic mass is 9.69. The van der Waals surface area contributed by atoms with E-state index in [1.807, 2.05) is 0 Å². The van der Waals surface area contributed by atoms with Crippen molar-refractivity contribution in [3.63, 3.8) is 0 Å². The van der Waals surface area contributed by atoms with Gasteiger partial charge in [-0.05, 0) is 42.7 Å². The number of likely N-dealkylation sites (tertiary alicyclic amines) is 1. The molecule has 0 N–H and O–H groups in total. The zero-order chi connectivity index (χ0) is 13.7. The van der Waals surface area contributed by atoms with E-state index in [1.54, 1.807) is 0 Å². The van der Waals surface area contributed by atoms with Crippen LogP contribution in [0.5, 0.6) is 0 Å². The van der Waals surface area contributed by atoms with Crippen molar-refractivity contribution in [2.45, 2.75) is 46.5 Å². The summed E-state index contributed by atoms with van der Waals surface area (Å²) in [5.41, 5.74) is 2.00. The molecule has 0 spiro atoms. The van der Waals surface area contributed by atoms with Crippen molar-refractivity contribution in [1.29, 1.82) is 0 Å². The van der Waals surface area contributed by atoms with E-state index < -0.39 is 0 Å². The molecule has 1 aromatic carbocycles. The van der Waals surface area contributed by atoms with Crippen LogP contribution in [0, 0.1) is 11.3 Å². The van der Waals surface area contributed by atoms with Crippen molar-refractivity contribution in [2.75, 3.05) is 19.6 Å². The molecule has 2 atom stereocenters. The molecule has 2 unspecified atom stereocenters. The third-order valence-corrected chi connectivity index (χ3v) is 5.22. The van der Waals surface area contributed by atoms with Gasteiger partial charge in [0, 0.05) is 13.1 Å². The van der Waals surface area contributed by atoms with Gasteiger partial charge in [-0.25, -0.2) is 0 Å². The number of nitrogens with zero attached hydrogens (tertiary/aromatic N) is 1. The van der Waals surface area contributed by atoms with Gasteiger partial charge in [0.2, 0.25) is 0 Å². The predicted octanol–water partition coefficient (Wildman–Crippen LogP) is 4.38. The van der Waals surface area contributed by atoms with Crippen LogP contribution in [0.15, 0.2) is 30.3 Å². The first-order valence-electron chi connectivity index (χ1n) is 7.94. The van der Waals surface area contributed by atoms with Crippen molar-refractivity contribution in [3.05, 3.63) is 35.9 Å². The number of benzene rings is 1. The standard InChI is InChI=1S/C18H29N/c1-4-17-12-14-19(15-18(17,3)5-2)13-11-16-9-7-6-8-10-16/h6-10,17H,4-5,11-15H2,1-3H3. The highest BCUT2D eigenvalue weighted by Gasteiger charge is 2.36. The fraction of sp³-hybridized carbons (Fsp3) is 0.667. The summed E-state index contributed by atoms with van der Waals surface area (Å²) < 4.78 is 0. The zero-order valence-electron chi connectivity index (χ0n) is 12.9. The van der Waals surface area contributed by atoms with Gasteiger partial charge in [0.25, 0.3) is 0 Å². The lowest BCUT2D eigenvalue weighted by molar-refractivity contribution is 0.0359. The molecule has 1 aromatic rings. The van der Waals surface area contributed by atoms with Crippen LogP contribution >= 0.6 is 0 Å². The Bertz CT molecular complexity index is 373. The van der Waals surface area contributed by atoms with Crippen molar-refractivity contribution >= 4 is 0 Å². The van der Waals surface area contributed by atoms with Crippen LogP contribution in [0.25, 0.3) is 0 Å². The minimum absolute atomic E-state index is 0.531. The second-order valence-corrected chi connectivity index (χ2v) is 6.41. The fourth-order valence-electron chi connectivity index (χ4n) is 3.63. The van der Waals surface area contributed by atoms with Gasteiger partial charge >= 0.3 is 0 Å². The molecule has 106 valence electrons. The molecule has 0 aliphatic carbocycles. The second-order valence-electron chi connectivity index (χ2n) is 6.41. The minimum atomic E-state index is 0.531. The summed E-state index contributed by atoms with van der Waals surface area (Å²) in [6.07, 6.45) is 5.23. The maximum atomic E-state index is 2.68. The van der Waals surface area contributed by atoms with E-state index in [4.69, 9.17) is 0 Å². The summed E-state index contributed by atoms with van der Waals surface area (Å²) in [6.45, 7) is 11.0. The van der Waals surface area contributed by atoms with Gasteiger partial charge in [-0.2, -0.15) is 0 Å². The first-order valence-corrected chi connectivity index (χ1v) is 7.94. The Hall–Kier alpha value is -0.820. The Labute approximate surface area is 119 Å². The van der Waals surface area contributed by atoms with E-state index in [0.29, 0.717) is 5.41 Å². The predicted molar refractivity (Wildman–Crippen MR) is 83.4 cm³/mol. The average Bonchev–Trinajstić information content (AvgIpc) is 2.46. The van der Waals surface area contributed by atoms with Crippen molar-refractivity contribution in [3.8, 4) is 0 Å². The molecule has 1 heterocycles. The Morgan fingerprint density at radius 3 is 2.58 bits per heavy atom. The Kier molecular flexibility index (Phi) is 5.04. The van der Waals surface area contributed by atoms with E-state index in [1.165, 1.54) is 50.9 Å². The smallest absolute Gasteiger partial charge is 0.00380 e. The number of hydrogen-bond acceptors (Lipinski definition) is 1. The molecule has 1 nitrogen and oxygen atoms in total. The van der Waals surface area contributed by atoms with E-state index in [0.717, 1.165) is 5.92 Å². The molecule has 1 heteroatoms. The van der Waals surface area contributed by atoms with E-state index >= 15 is 0 Å². The summed E-state index contributed by atoms with van der Waals surface area (Å²) in [4.78, 5) is 2.68. The molecule has 0 bridgehead atoms. The maximum absolute atomic E-state index is 2.68. The highest BCUT2D eigenvalue weighted by molar-refractivity contribution is 5.14. The summed E-state index contributed by atoms with van der Waals surface area (Å²) in [5, 5.41) is 0. The van der Waals surface area contributed by atoms with E-state index in [2.05, 4.69) is 56.0 Å². The Balaban J connectivity index is 1.89. The molecule has 2 rings (SSSR count). The summed E-state index contributed by atoms with van der Waals surface area (Å²) in [5.74, 6) is 0.922. The van der Waals surface area contributed by atoms with Gasteiger partial charge in [0.05, 0.1) is 0 Å². The maximum Gasteiger partial charge on any atom is 0.00380 e. The molecule has 1 fully saturated rings. The van der Waals surface area contributed by atoms with E-state index in [-0.39, 0.29) is 0 Å². The molecule has 1 aliphatic heterocycles. The van der Waals surface area contributed by atoms with Crippen LogP contribution in [-0.4, -0.2) is 24.5 Å². The van der Waals surface area contributed by atoms with Gasteiger partial charge in [0.15, 0.2) is 0 Å². The highest BCUT2D eigenvalue weighted by atomic mass is 15.1. The van der Waals surface area contributed by atoms with Crippen LogP contribution in [0.1, 0.15) is 45.6 Å². The fourth-order valence-corrected chi connectivity index (χ4v) is 3.63. The third kappa shape index (κ3) is 3.60. The summed E-state index contributed by atoms with van der Waals surface area (Å²) in [7, 11) is 0. The zero-order valence-corrected chi connectivity index (χ0v) is 12.9. The monoisotopic (exact) mass is 259 g/mol. The number of rotatable bonds is 5. The minimum Gasteiger partial charge on any atom is -0.302 e. The second kappa shape index (κ2) is 6.56. The van der Waals surface area contributed by atoms with Gasteiger partial charge in [-0.15, -0.1) is 0 Å². The summed E-state index contributed by atoms with van der Waals surface area (Å²) >= 11 is 0. The highest BCUT2D eigenvalue weighted by Crippen LogP contribution is 2.39. The number of piperidine rings is 1. The Morgan fingerprint density at radius 1 is 1.21 bits per heavy atom. The van der Waals surface area contributed by atoms with Crippen LogP contribution in [-0.2, 0) is 6.42 Å². The Morgan fingerprint density at radius 2 is 1.95 bits per heavy atom. The third-order valence-electron chi connectivity index (χ3n) is 5.22. The molecular formula is C18H29N. The van der Waals surface area contributed by atoms with Gasteiger partial charge in [-0.3, -0.25) is 0 Å². The molecule has 1 saturated heterocycles. The van der Waals surface area contributed by atoms with Gasteiger partial charge in [0.1, 0.15) is 0 Å². The van der Waals surface area contributed by atoms with Crippen molar-refractivity contribution in [2.24, 2.45) is 11.3 Å². The molecule has 0 amide bonds. The first kappa shape index (κ1) is 14.6. The number of hydrogen-bond donors (Lipinski definition) is 0. The van der Waals surface area contributed by atoms with Crippen molar-refractivity contribution < 1.29 is 0 Å². The SMILES string of the molecule is CCC1CCN(CCc2ccccc2)CC1(C)CC. The van der Waals surface area contributed by atoms with E-state index in [9.17, 15) is 0 Å². The summed E-state index contributed by atoms with van der Waals surface area (Å²) in [6, 6.07) is 10.9. The first-order chi connectivity index (χ1) is 9.18. The van der Waals surface area contributed by atoms with Crippen LogP contribution in [0.3, 0.4) is 0 Å². The van der Waals surface area contributed by atoms with Crippen molar-refractivity contribution in [1.82, 2.24) is 4.90 Å². The van der Waals surface area contributed by atoms with Gasteiger partial charge in [-0.1, -0.05) is 57.5 Å². The van der Waals surface area contributed by atoms with Crippen LogP contribution in [0.2, 0.25) is 0 Å². The molecule has 0 saturated carbocycles. The molecule has 0 radical (unpaired) electrons. The van der Waals surface area contributed by atoms with Gasteiger partial charge < -0.3 is 4.90 Å². The lowest BCUT2D eigenvalue weighted by Gasteiger charge is -2.46. The molecule has 1 aliphatic rings. The quantitative estimate of drug-likeness (QED) is 0.758. The molecule has 19 heavy (non-hydrogen) atoms.